The molecule has 4 nitrogen and oxygen atoms in total. The van der Waals surface area contributed by atoms with Gasteiger partial charge in [-0.3, -0.25) is 8.56 Å². The van der Waals surface area contributed by atoms with Gasteiger partial charge in [-0.25, -0.2) is 0 Å². The molecule has 0 radical (unpaired) electrons. The molecule has 3 unspecified atom stereocenters. The Morgan fingerprint density at radius 2 is 1.38 bits per heavy atom. The van der Waals surface area contributed by atoms with E-state index in [9.17, 15) is 0 Å². The van der Waals surface area contributed by atoms with Crippen molar-refractivity contribution >= 4 is 62.3 Å². The molecule has 2 bridgehead atoms. The first-order valence-corrected chi connectivity index (χ1v) is 30.1. The second-order valence-electron chi connectivity index (χ2n) is 26.2. The van der Waals surface area contributed by atoms with Gasteiger partial charge in [0.05, 0.1) is 16.1 Å². The first-order chi connectivity index (χ1) is 36.7. The molecule has 3 aliphatic carbocycles. The van der Waals surface area contributed by atoms with Gasteiger partial charge < -0.3 is 9.32 Å². The van der Waals surface area contributed by atoms with Gasteiger partial charge in [0.15, 0.2) is 0 Å². The Balaban J connectivity index is 1.29. The zero-order valence-electron chi connectivity index (χ0n) is 48.2. The van der Waals surface area contributed by atoms with E-state index >= 15 is 0 Å². The summed E-state index contributed by atoms with van der Waals surface area (Å²) in [5.41, 5.74) is 22.8. The molecular formula is C72H80N3OP. The summed E-state index contributed by atoms with van der Waals surface area (Å²) in [6.45, 7) is 31.7. The topological polar surface area (TPSA) is 25.2 Å². The lowest BCUT2D eigenvalue weighted by molar-refractivity contribution is 0.320. The number of hydrogen-bond acceptors (Lipinski definition) is 2. The molecule has 9 aromatic rings. The van der Waals surface area contributed by atoms with Crippen LogP contribution in [0.5, 0.6) is 0 Å². The summed E-state index contributed by atoms with van der Waals surface area (Å²) in [4.78, 5) is 2.88. The Morgan fingerprint density at radius 3 is 2.04 bits per heavy atom. The number of fused-ring (bicyclic) bond motifs is 7. The predicted molar refractivity (Wildman–Crippen MR) is 331 cm³/mol. The summed E-state index contributed by atoms with van der Waals surface area (Å²) in [6.07, 6.45) is 22.1. The third-order valence-electron chi connectivity index (χ3n) is 18.7. The molecule has 394 valence electrons. The van der Waals surface area contributed by atoms with E-state index in [1.165, 1.54) is 118 Å². The molecule has 0 saturated carbocycles. The van der Waals surface area contributed by atoms with Crippen LogP contribution in [-0.2, 0) is 29.1 Å². The van der Waals surface area contributed by atoms with Crippen molar-refractivity contribution in [2.45, 2.75) is 157 Å². The van der Waals surface area contributed by atoms with E-state index in [1.54, 1.807) is 0 Å². The highest BCUT2D eigenvalue weighted by atomic mass is 31.1. The van der Waals surface area contributed by atoms with E-state index in [4.69, 9.17) is 4.42 Å². The van der Waals surface area contributed by atoms with Gasteiger partial charge in [-0.1, -0.05) is 185 Å². The highest BCUT2D eigenvalue weighted by molar-refractivity contribution is 7.53. The maximum absolute atomic E-state index is 7.95. The van der Waals surface area contributed by atoms with Crippen LogP contribution in [0.2, 0.25) is 0 Å². The minimum Gasteiger partial charge on any atom is -0.456 e. The summed E-state index contributed by atoms with van der Waals surface area (Å²) < 4.78 is 13.5. The van der Waals surface area contributed by atoms with Crippen LogP contribution in [0.1, 0.15) is 164 Å². The van der Waals surface area contributed by atoms with Crippen molar-refractivity contribution in [3.05, 3.63) is 213 Å². The first-order valence-electron chi connectivity index (χ1n) is 28.8. The average Bonchev–Trinajstić information content (AvgIpc) is 4.34. The fraction of sp³-hybridized carbons (Fsp3) is 0.361. The second kappa shape index (κ2) is 18.9. The maximum atomic E-state index is 7.95. The lowest BCUT2D eigenvalue weighted by Gasteiger charge is -2.45. The lowest BCUT2D eigenvalue weighted by Crippen LogP contribution is -2.43. The smallest absolute Gasteiger partial charge is 0.141 e. The highest BCUT2D eigenvalue weighted by Crippen LogP contribution is 2.57. The minimum absolute atomic E-state index is 0.0874. The second-order valence-corrected chi connectivity index (χ2v) is 28.2. The third-order valence-corrected chi connectivity index (χ3v) is 21.3. The van der Waals surface area contributed by atoms with E-state index in [0.717, 1.165) is 43.3 Å². The Labute approximate surface area is 459 Å². The Bertz CT molecular complexity index is 3940. The van der Waals surface area contributed by atoms with Crippen LogP contribution in [0.4, 0.5) is 5.42 Å². The molecule has 12 rings (SSSR count). The molecule has 0 N–H and O–H groups in total. The van der Waals surface area contributed by atoms with Crippen molar-refractivity contribution in [2.75, 3.05) is 4.90 Å². The fourth-order valence-corrected chi connectivity index (χ4v) is 16.3. The SMILES string of the molecule is Cc1c(N(C2=CC(c3ccccc3)=CC(C(C)(C)c3ccccc3)C2)C(C)C(C)(C)C)p2c3c(cc(C4=CC=CCC4)cc13)oc1cc(C(C)(C)c3ccccc3)c3c4c(n(c3c1C)c1cc(C(C)(C)C)cn12)CCCC4. The van der Waals surface area contributed by atoms with Crippen LogP contribution < -0.4 is 4.90 Å². The van der Waals surface area contributed by atoms with Gasteiger partial charge in [-0.05, 0) is 179 Å². The molecule has 4 aromatic heterocycles. The van der Waals surface area contributed by atoms with Crippen molar-refractivity contribution in [1.82, 2.24) is 8.56 Å². The fourth-order valence-electron chi connectivity index (χ4n) is 13.4. The van der Waals surface area contributed by atoms with Gasteiger partial charge >= 0.3 is 0 Å². The normalized spacial score (nSPS) is 17.3. The molecule has 0 spiro atoms. The molecule has 0 aliphatic heterocycles. The number of aromatic nitrogens is 2. The van der Waals surface area contributed by atoms with Crippen molar-refractivity contribution in [3.8, 4) is 0 Å². The molecule has 77 heavy (non-hydrogen) atoms. The largest absolute Gasteiger partial charge is 0.456 e. The summed E-state index contributed by atoms with van der Waals surface area (Å²) in [6, 6.07) is 43.8. The van der Waals surface area contributed by atoms with Crippen molar-refractivity contribution < 1.29 is 4.42 Å². The van der Waals surface area contributed by atoms with E-state index in [1.807, 2.05) is 0 Å². The van der Waals surface area contributed by atoms with Crippen molar-refractivity contribution in [3.63, 3.8) is 0 Å². The molecule has 5 aromatic carbocycles. The van der Waals surface area contributed by atoms with Crippen molar-refractivity contribution in [2.24, 2.45) is 11.3 Å². The molecule has 3 aliphatic rings. The van der Waals surface area contributed by atoms with E-state index in [0.29, 0.717) is 0 Å². The van der Waals surface area contributed by atoms with Gasteiger partial charge in [0.1, 0.15) is 16.8 Å². The molecular weight excluding hydrogens is 954 g/mol. The number of nitrogens with zero attached hydrogens (tertiary/aromatic N) is 3. The Kier molecular flexibility index (Phi) is 12.6. The monoisotopic (exact) mass is 1030 g/mol. The van der Waals surface area contributed by atoms with Gasteiger partial charge in [-0.15, -0.1) is 0 Å². The molecule has 3 atom stereocenters. The van der Waals surface area contributed by atoms with Crippen LogP contribution in [0.25, 0.3) is 49.4 Å². The zero-order valence-corrected chi connectivity index (χ0v) is 49.1. The van der Waals surface area contributed by atoms with E-state index in [-0.39, 0.29) is 33.6 Å². The maximum Gasteiger partial charge on any atom is 0.141 e. The van der Waals surface area contributed by atoms with Crippen LogP contribution in [0, 0.1) is 25.2 Å². The Hall–Kier alpha value is -6.48. The quantitative estimate of drug-likeness (QED) is 0.144. The van der Waals surface area contributed by atoms with Crippen LogP contribution in [-0.4, -0.2) is 14.6 Å². The minimum atomic E-state index is -1.31. The molecule has 0 fully saturated rings. The first kappa shape index (κ1) is 51.3. The lowest BCUT2D eigenvalue weighted by atomic mass is 9.69. The molecule has 0 saturated heterocycles. The summed E-state index contributed by atoms with van der Waals surface area (Å²) in [5.74, 6) is 0.227. The van der Waals surface area contributed by atoms with Gasteiger partial charge in [-0.2, -0.15) is 0 Å². The molecule has 5 heteroatoms. The number of rotatable bonds is 9. The molecule has 4 heterocycles. The van der Waals surface area contributed by atoms with E-state index in [2.05, 4.69) is 255 Å². The highest BCUT2D eigenvalue weighted by Gasteiger charge is 2.40. The summed E-state index contributed by atoms with van der Waals surface area (Å²) in [7, 11) is -1.31. The zero-order chi connectivity index (χ0) is 53.9. The van der Waals surface area contributed by atoms with Gasteiger partial charge in [0, 0.05) is 47.5 Å². The number of benzene rings is 5. The number of aryl methyl sites for hydroxylation is 4. The third kappa shape index (κ3) is 8.55. The summed E-state index contributed by atoms with van der Waals surface area (Å²) >= 11 is 0. The predicted octanol–water partition coefficient (Wildman–Crippen LogP) is 20.2. The van der Waals surface area contributed by atoms with E-state index < -0.39 is 7.50 Å². The summed E-state index contributed by atoms with van der Waals surface area (Å²) in [5, 5.41) is 4.05. The molecule has 0 amide bonds. The standard InChI is InChI=1S/C72H80N3OP/c1-46-59-40-52(50-30-20-15-21-31-50)41-63-67(59)77(68(46)74(48(3)69(4,5)6)57-39-51(49-28-18-14-19-29-49)38-55(42-57)71(10,11)53-32-22-16-23-33-53)73-45-56(70(7,8)9)43-64(73)75-61-37-27-26-36-58(61)65-60(44-62(76-63)47(2)66(65)75)72(12,13)54-34-24-17-25-35-54/h14-20,22-25,28-30,32-35,38-41,43-45,48,55H,21,26-27,31,36-37,42H2,1-13H3. The average molecular weight is 1030 g/mol. The van der Waals surface area contributed by atoms with Crippen LogP contribution >= 0.6 is 7.50 Å². The Morgan fingerprint density at radius 1 is 0.701 bits per heavy atom. The van der Waals surface area contributed by atoms with Crippen LogP contribution in [0.3, 0.4) is 0 Å². The number of hydrogen-bond donors (Lipinski definition) is 0. The number of anilines is 1. The van der Waals surface area contributed by atoms with Gasteiger partial charge in [0.2, 0.25) is 0 Å². The van der Waals surface area contributed by atoms with Gasteiger partial charge in [0.25, 0.3) is 0 Å². The number of allylic oxidation sites excluding steroid dienone is 8. The van der Waals surface area contributed by atoms with Crippen LogP contribution in [0.15, 0.2) is 162 Å². The van der Waals surface area contributed by atoms with Crippen molar-refractivity contribution in [1.29, 1.82) is 0 Å².